The van der Waals surface area contributed by atoms with Gasteiger partial charge >= 0.3 is 0 Å². The number of amides is 1. The summed E-state index contributed by atoms with van der Waals surface area (Å²) in [5, 5.41) is 5.18. The lowest BCUT2D eigenvalue weighted by Crippen LogP contribution is -2.38. The minimum Gasteiger partial charge on any atom is -0.349 e. The fourth-order valence-electron chi connectivity index (χ4n) is 3.28. The van der Waals surface area contributed by atoms with Crippen LogP contribution >= 0.6 is 11.3 Å². The van der Waals surface area contributed by atoms with E-state index in [9.17, 15) is 4.79 Å². The van der Waals surface area contributed by atoms with Crippen molar-refractivity contribution in [1.29, 1.82) is 0 Å². The van der Waals surface area contributed by atoms with Crippen LogP contribution in [-0.2, 0) is 0 Å². The van der Waals surface area contributed by atoms with E-state index < -0.39 is 0 Å². The molecule has 0 atom stereocenters. The molecule has 0 radical (unpaired) electrons. The number of rotatable bonds is 5. The Kier molecular flexibility index (Phi) is 4.84. The number of carbonyl (C=O) groups excluding carboxylic acids is 1. The van der Waals surface area contributed by atoms with Gasteiger partial charge in [0.1, 0.15) is 5.69 Å². The number of hydrogen-bond donors (Lipinski definition) is 1. The third-order valence-corrected chi connectivity index (χ3v) is 5.22. The number of thiophene rings is 1. The summed E-state index contributed by atoms with van der Waals surface area (Å²) in [6.45, 7) is 8.30. The lowest BCUT2D eigenvalue weighted by atomic mass is 10.1. The van der Waals surface area contributed by atoms with Crippen LogP contribution in [0.4, 0.5) is 0 Å². The maximum absolute atomic E-state index is 12.5. The summed E-state index contributed by atoms with van der Waals surface area (Å²) in [5.74, 6) is 0.0501. The maximum Gasteiger partial charge on any atom is 0.268 e. The molecule has 0 aliphatic carbocycles. The first-order valence-electron chi connectivity index (χ1n) is 8.26. The Morgan fingerprint density at radius 2 is 2.09 bits per heavy atom. The van der Waals surface area contributed by atoms with Crippen molar-refractivity contribution in [3.8, 4) is 0 Å². The zero-order chi connectivity index (χ0) is 15.5. The Morgan fingerprint density at radius 1 is 1.32 bits per heavy atom. The van der Waals surface area contributed by atoms with Crippen LogP contribution < -0.4 is 5.32 Å². The van der Waals surface area contributed by atoms with Gasteiger partial charge in [-0.1, -0.05) is 6.42 Å². The van der Waals surface area contributed by atoms with Gasteiger partial charge in [-0.2, -0.15) is 0 Å². The fourth-order valence-corrected chi connectivity index (χ4v) is 4.09. The molecule has 1 aliphatic heterocycles. The molecule has 22 heavy (non-hydrogen) atoms. The first kappa shape index (κ1) is 15.6. The van der Waals surface area contributed by atoms with E-state index in [1.54, 1.807) is 11.3 Å². The lowest BCUT2D eigenvalue weighted by molar-refractivity contribution is 0.0936. The van der Waals surface area contributed by atoms with Crippen LogP contribution in [0.3, 0.4) is 0 Å². The summed E-state index contributed by atoms with van der Waals surface area (Å²) in [7, 11) is 0. The highest BCUT2D eigenvalue weighted by Crippen LogP contribution is 2.28. The van der Waals surface area contributed by atoms with Gasteiger partial charge in [-0.25, -0.2) is 0 Å². The van der Waals surface area contributed by atoms with Gasteiger partial charge in [-0.15, -0.1) is 11.3 Å². The Bertz CT molecular complexity index is 637. The zero-order valence-corrected chi connectivity index (χ0v) is 14.3. The van der Waals surface area contributed by atoms with Gasteiger partial charge in [-0.3, -0.25) is 4.79 Å². The summed E-state index contributed by atoms with van der Waals surface area (Å²) in [6, 6.07) is 4.41. The molecule has 5 heteroatoms. The Labute approximate surface area is 136 Å². The molecule has 0 unspecified atom stereocenters. The monoisotopic (exact) mass is 319 g/mol. The molecule has 1 amide bonds. The van der Waals surface area contributed by atoms with E-state index in [-0.39, 0.29) is 11.9 Å². The summed E-state index contributed by atoms with van der Waals surface area (Å²) in [4.78, 5) is 15.0. The first-order valence-corrected chi connectivity index (χ1v) is 9.14. The Balaban J connectivity index is 1.64. The van der Waals surface area contributed by atoms with Crippen molar-refractivity contribution in [3.05, 3.63) is 23.2 Å². The standard InChI is InChI=1S/C17H25N3OS/c1-13(2)20-14-6-11-22-16(14)12-15(20)17(21)18-7-10-19-8-4-3-5-9-19/h6,11-13H,3-5,7-10H2,1-2H3,(H,18,21). The van der Waals surface area contributed by atoms with Gasteiger partial charge in [0.05, 0.1) is 10.2 Å². The van der Waals surface area contributed by atoms with E-state index in [4.69, 9.17) is 0 Å². The third-order valence-electron chi connectivity index (χ3n) is 4.37. The average molecular weight is 319 g/mol. The van der Waals surface area contributed by atoms with E-state index in [1.807, 2.05) is 6.07 Å². The van der Waals surface area contributed by atoms with E-state index in [2.05, 4.69) is 40.1 Å². The van der Waals surface area contributed by atoms with Crippen LogP contribution in [0.1, 0.15) is 49.6 Å². The van der Waals surface area contributed by atoms with Gasteiger partial charge in [0.2, 0.25) is 0 Å². The van der Waals surface area contributed by atoms with Crippen LogP contribution in [0.15, 0.2) is 17.5 Å². The van der Waals surface area contributed by atoms with Crippen LogP contribution in [0.2, 0.25) is 0 Å². The van der Waals surface area contributed by atoms with E-state index >= 15 is 0 Å². The topological polar surface area (TPSA) is 37.3 Å². The second kappa shape index (κ2) is 6.84. The zero-order valence-electron chi connectivity index (χ0n) is 13.5. The predicted octanol–water partition coefficient (Wildman–Crippen LogP) is 3.50. The van der Waals surface area contributed by atoms with Crippen molar-refractivity contribution in [2.24, 2.45) is 0 Å². The highest BCUT2D eigenvalue weighted by atomic mass is 32.1. The first-order chi connectivity index (χ1) is 10.7. The summed E-state index contributed by atoms with van der Waals surface area (Å²) >= 11 is 1.69. The predicted molar refractivity (Wildman–Crippen MR) is 92.8 cm³/mol. The smallest absolute Gasteiger partial charge is 0.268 e. The normalized spacial score (nSPS) is 16.5. The SMILES string of the molecule is CC(C)n1c(C(=O)NCCN2CCCCC2)cc2sccc21. The quantitative estimate of drug-likeness (QED) is 0.916. The molecule has 2 aromatic heterocycles. The van der Waals surface area contributed by atoms with E-state index in [0.29, 0.717) is 0 Å². The molecule has 0 bridgehead atoms. The van der Waals surface area contributed by atoms with Gasteiger partial charge in [0, 0.05) is 19.1 Å². The van der Waals surface area contributed by atoms with Crippen LogP contribution in [-0.4, -0.2) is 41.6 Å². The van der Waals surface area contributed by atoms with Crippen LogP contribution in [0.25, 0.3) is 10.2 Å². The largest absolute Gasteiger partial charge is 0.349 e. The molecule has 2 aromatic rings. The molecule has 3 heterocycles. The highest BCUT2D eigenvalue weighted by Gasteiger charge is 2.18. The molecule has 120 valence electrons. The molecule has 0 spiro atoms. The number of likely N-dealkylation sites (tertiary alicyclic amines) is 1. The second-order valence-corrected chi connectivity index (χ2v) is 7.27. The van der Waals surface area contributed by atoms with Gasteiger partial charge < -0.3 is 14.8 Å². The molecule has 1 saturated heterocycles. The molecular weight excluding hydrogens is 294 g/mol. The van der Waals surface area contributed by atoms with Crippen LogP contribution in [0.5, 0.6) is 0 Å². The molecule has 1 N–H and O–H groups in total. The summed E-state index contributed by atoms with van der Waals surface area (Å²) in [6.07, 6.45) is 3.93. The molecule has 1 fully saturated rings. The molecule has 1 aliphatic rings. The van der Waals surface area contributed by atoms with Gasteiger partial charge in [0.15, 0.2) is 0 Å². The van der Waals surface area contributed by atoms with Crippen molar-refractivity contribution in [2.45, 2.75) is 39.2 Å². The fraction of sp³-hybridized carbons (Fsp3) is 0.588. The van der Waals surface area contributed by atoms with E-state index in [1.165, 1.54) is 42.6 Å². The number of nitrogens with zero attached hydrogens (tertiary/aromatic N) is 2. The Morgan fingerprint density at radius 3 is 2.82 bits per heavy atom. The van der Waals surface area contributed by atoms with Crippen molar-refractivity contribution in [3.63, 3.8) is 0 Å². The molecule has 3 rings (SSSR count). The number of piperidine rings is 1. The van der Waals surface area contributed by atoms with E-state index in [0.717, 1.165) is 18.8 Å². The lowest BCUT2D eigenvalue weighted by Gasteiger charge is -2.26. The maximum atomic E-state index is 12.5. The summed E-state index contributed by atoms with van der Waals surface area (Å²) in [5.41, 5.74) is 1.96. The van der Waals surface area contributed by atoms with Gasteiger partial charge in [0.25, 0.3) is 5.91 Å². The molecule has 0 aromatic carbocycles. The number of hydrogen-bond acceptors (Lipinski definition) is 3. The minimum atomic E-state index is 0.0501. The molecular formula is C17H25N3OS. The average Bonchev–Trinajstić information content (AvgIpc) is 3.08. The highest BCUT2D eigenvalue weighted by molar-refractivity contribution is 7.17. The van der Waals surface area contributed by atoms with Crippen molar-refractivity contribution in [1.82, 2.24) is 14.8 Å². The van der Waals surface area contributed by atoms with Crippen LogP contribution in [0, 0.1) is 0 Å². The Hall–Kier alpha value is -1.33. The summed E-state index contributed by atoms with van der Waals surface area (Å²) < 4.78 is 3.33. The van der Waals surface area contributed by atoms with Crippen molar-refractivity contribution >= 4 is 27.5 Å². The number of fused-ring (bicyclic) bond motifs is 1. The second-order valence-electron chi connectivity index (χ2n) is 6.32. The number of carbonyl (C=O) groups is 1. The third kappa shape index (κ3) is 3.20. The minimum absolute atomic E-state index is 0.0501. The number of nitrogens with one attached hydrogen (secondary N) is 1. The molecule has 0 saturated carbocycles. The van der Waals surface area contributed by atoms with Gasteiger partial charge in [-0.05, 0) is 57.3 Å². The van der Waals surface area contributed by atoms with Crippen molar-refractivity contribution in [2.75, 3.05) is 26.2 Å². The van der Waals surface area contributed by atoms with Crippen molar-refractivity contribution < 1.29 is 4.79 Å². The molecule has 4 nitrogen and oxygen atoms in total. The number of aromatic nitrogens is 1.